The van der Waals surface area contributed by atoms with Gasteiger partial charge in [0.1, 0.15) is 5.82 Å². The number of nitrogens with zero attached hydrogens (tertiary/aromatic N) is 2. The van der Waals surface area contributed by atoms with Gasteiger partial charge in [-0.1, -0.05) is 74.5 Å². The van der Waals surface area contributed by atoms with Gasteiger partial charge in [0.05, 0.1) is 12.2 Å². The van der Waals surface area contributed by atoms with Crippen LogP contribution in [0, 0.1) is 6.92 Å². The maximum Gasteiger partial charge on any atom is 0.129 e. The number of nitrogen functional groups attached to an aromatic ring is 1. The number of hydrogen-bond donors (Lipinski definition) is 1. The first-order chi connectivity index (χ1) is 11.0. The lowest BCUT2D eigenvalue weighted by Gasteiger charge is -2.25. The summed E-state index contributed by atoms with van der Waals surface area (Å²) in [6.45, 7) is 7.21. The van der Waals surface area contributed by atoms with E-state index < -0.39 is 0 Å². The zero-order valence-corrected chi connectivity index (χ0v) is 14.0. The molecule has 23 heavy (non-hydrogen) atoms. The minimum Gasteiger partial charge on any atom is -0.383 e. The van der Waals surface area contributed by atoms with Gasteiger partial charge in [0, 0.05) is 11.0 Å². The fraction of sp³-hybridized carbons (Fsp3) is 0.250. The molecule has 1 heterocycles. The van der Waals surface area contributed by atoms with E-state index in [1.807, 2.05) is 35.9 Å². The summed E-state index contributed by atoms with van der Waals surface area (Å²) in [5, 5.41) is 4.69. The minimum absolute atomic E-state index is 0.0399. The lowest BCUT2D eigenvalue weighted by molar-refractivity contribution is 0.411. The molecule has 0 bridgehead atoms. The Hall–Kier alpha value is -2.55. The first kappa shape index (κ1) is 15.3. The summed E-state index contributed by atoms with van der Waals surface area (Å²) in [6.07, 6.45) is 0. The molecule has 118 valence electrons. The highest BCUT2D eigenvalue weighted by Crippen LogP contribution is 2.32. The molecular formula is C20H23N3. The largest absolute Gasteiger partial charge is 0.383 e. The molecular weight excluding hydrogens is 282 g/mol. The van der Waals surface area contributed by atoms with E-state index in [-0.39, 0.29) is 5.41 Å². The Morgan fingerprint density at radius 2 is 1.52 bits per heavy atom. The van der Waals surface area contributed by atoms with Crippen molar-refractivity contribution < 1.29 is 0 Å². The molecule has 0 unspecified atom stereocenters. The van der Waals surface area contributed by atoms with E-state index in [0.717, 1.165) is 29.2 Å². The summed E-state index contributed by atoms with van der Waals surface area (Å²) in [4.78, 5) is 0. The van der Waals surface area contributed by atoms with Crippen molar-refractivity contribution in [1.29, 1.82) is 0 Å². The Morgan fingerprint density at radius 3 is 2.13 bits per heavy atom. The van der Waals surface area contributed by atoms with E-state index in [2.05, 4.69) is 55.3 Å². The van der Waals surface area contributed by atoms with Crippen LogP contribution in [0.5, 0.6) is 0 Å². The van der Waals surface area contributed by atoms with Crippen molar-refractivity contribution in [2.24, 2.45) is 0 Å². The average molecular weight is 305 g/mol. The summed E-state index contributed by atoms with van der Waals surface area (Å²) in [6, 6.07) is 20.7. The standard InChI is InChI=1S/C20H23N3/c1-15-18(16-10-6-4-7-11-16)19(21)23(22-15)14-20(2,3)17-12-8-5-9-13-17/h4-13H,14,21H2,1-3H3. The van der Waals surface area contributed by atoms with Gasteiger partial charge in [0.25, 0.3) is 0 Å². The Balaban J connectivity index is 1.96. The van der Waals surface area contributed by atoms with Crippen LogP contribution in [-0.2, 0) is 12.0 Å². The zero-order chi connectivity index (χ0) is 16.4. The maximum atomic E-state index is 6.42. The Bertz CT molecular complexity index is 787. The Morgan fingerprint density at radius 1 is 0.957 bits per heavy atom. The number of aromatic nitrogens is 2. The molecule has 0 saturated carbocycles. The highest BCUT2D eigenvalue weighted by atomic mass is 15.3. The quantitative estimate of drug-likeness (QED) is 0.775. The van der Waals surface area contributed by atoms with E-state index in [1.165, 1.54) is 5.56 Å². The molecule has 3 aromatic rings. The van der Waals surface area contributed by atoms with Crippen molar-refractivity contribution in [3.8, 4) is 11.1 Å². The average Bonchev–Trinajstić information content (AvgIpc) is 2.82. The third-order valence-corrected chi connectivity index (χ3v) is 4.33. The lowest BCUT2D eigenvalue weighted by Crippen LogP contribution is -2.26. The topological polar surface area (TPSA) is 43.8 Å². The van der Waals surface area contributed by atoms with Gasteiger partial charge in [0.2, 0.25) is 0 Å². The predicted molar refractivity (Wildman–Crippen MR) is 96.3 cm³/mol. The van der Waals surface area contributed by atoms with Gasteiger partial charge in [-0.15, -0.1) is 0 Å². The smallest absolute Gasteiger partial charge is 0.129 e. The number of aryl methyl sites for hydroxylation is 1. The molecule has 0 amide bonds. The molecule has 3 rings (SSSR count). The fourth-order valence-electron chi connectivity index (χ4n) is 3.04. The second-order valence-electron chi connectivity index (χ2n) is 6.62. The second-order valence-corrected chi connectivity index (χ2v) is 6.62. The van der Waals surface area contributed by atoms with Crippen molar-refractivity contribution in [3.05, 3.63) is 71.9 Å². The normalized spacial score (nSPS) is 11.6. The van der Waals surface area contributed by atoms with Crippen molar-refractivity contribution in [2.75, 3.05) is 5.73 Å². The first-order valence-corrected chi connectivity index (χ1v) is 7.93. The molecule has 2 aromatic carbocycles. The first-order valence-electron chi connectivity index (χ1n) is 7.93. The highest BCUT2D eigenvalue weighted by Gasteiger charge is 2.24. The number of anilines is 1. The van der Waals surface area contributed by atoms with Gasteiger partial charge in [-0.05, 0) is 18.1 Å². The summed E-state index contributed by atoms with van der Waals surface area (Å²) < 4.78 is 1.94. The third kappa shape index (κ3) is 3.00. The van der Waals surface area contributed by atoms with Gasteiger partial charge in [-0.3, -0.25) is 0 Å². The van der Waals surface area contributed by atoms with Crippen molar-refractivity contribution >= 4 is 5.82 Å². The van der Waals surface area contributed by atoms with Crippen LogP contribution in [0.4, 0.5) is 5.82 Å². The molecule has 1 aromatic heterocycles. The van der Waals surface area contributed by atoms with Gasteiger partial charge < -0.3 is 5.73 Å². The van der Waals surface area contributed by atoms with Gasteiger partial charge in [-0.2, -0.15) is 5.10 Å². The molecule has 0 saturated heterocycles. The van der Waals surface area contributed by atoms with E-state index in [4.69, 9.17) is 5.73 Å². The van der Waals surface area contributed by atoms with Crippen LogP contribution < -0.4 is 5.73 Å². The van der Waals surface area contributed by atoms with Gasteiger partial charge >= 0.3 is 0 Å². The van der Waals surface area contributed by atoms with Crippen LogP contribution in [-0.4, -0.2) is 9.78 Å². The van der Waals surface area contributed by atoms with Gasteiger partial charge in [-0.25, -0.2) is 4.68 Å². The van der Waals surface area contributed by atoms with Crippen LogP contribution in [0.25, 0.3) is 11.1 Å². The second kappa shape index (κ2) is 5.92. The highest BCUT2D eigenvalue weighted by molar-refractivity contribution is 5.76. The van der Waals surface area contributed by atoms with Crippen LogP contribution in [0.15, 0.2) is 60.7 Å². The molecule has 0 radical (unpaired) electrons. The van der Waals surface area contributed by atoms with Crippen LogP contribution in [0.2, 0.25) is 0 Å². The van der Waals surface area contributed by atoms with Crippen molar-refractivity contribution in [3.63, 3.8) is 0 Å². The molecule has 0 aliphatic heterocycles. The molecule has 0 aliphatic rings. The Kier molecular flexibility index (Phi) is 3.95. The number of hydrogen-bond acceptors (Lipinski definition) is 2. The van der Waals surface area contributed by atoms with E-state index in [9.17, 15) is 0 Å². The predicted octanol–water partition coefficient (Wildman–Crippen LogP) is 4.42. The lowest BCUT2D eigenvalue weighted by atomic mass is 9.85. The monoisotopic (exact) mass is 305 g/mol. The third-order valence-electron chi connectivity index (χ3n) is 4.33. The van der Waals surface area contributed by atoms with Crippen LogP contribution in [0.3, 0.4) is 0 Å². The molecule has 2 N–H and O–H groups in total. The molecule has 0 fully saturated rings. The molecule has 0 atom stereocenters. The summed E-state index contributed by atoms with van der Waals surface area (Å²) >= 11 is 0. The summed E-state index contributed by atoms with van der Waals surface area (Å²) in [5.41, 5.74) is 10.8. The van der Waals surface area contributed by atoms with E-state index in [1.54, 1.807) is 0 Å². The summed E-state index contributed by atoms with van der Waals surface area (Å²) in [7, 11) is 0. The van der Waals surface area contributed by atoms with Crippen molar-refractivity contribution in [1.82, 2.24) is 9.78 Å². The number of nitrogens with two attached hydrogens (primary N) is 1. The molecule has 0 spiro atoms. The van der Waals surface area contributed by atoms with Gasteiger partial charge in [0.15, 0.2) is 0 Å². The van der Waals surface area contributed by atoms with Crippen LogP contribution >= 0.6 is 0 Å². The molecule has 0 aliphatic carbocycles. The maximum absolute atomic E-state index is 6.42. The fourth-order valence-corrected chi connectivity index (χ4v) is 3.04. The summed E-state index contributed by atoms with van der Waals surface area (Å²) in [5.74, 6) is 0.734. The number of benzene rings is 2. The number of rotatable bonds is 4. The minimum atomic E-state index is -0.0399. The van der Waals surface area contributed by atoms with Crippen LogP contribution in [0.1, 0.15) is 25.1 Å². The van der Waals surface area contributed by atoms with Crippen molar-refractivity contribution in [2.45, 2.75) is 32.7 Å². The van der Waals surface area contributed by atoms with E-state index >= 15 is 0 Å². The van der Waals surface area contributed by atoms with E-state index in [0.29, 0.717) is 0 Å². The SMILES string of the molecule is Cc1nn(CC(C)(C)c2ccccc2)c(N)c1-c1ccccc1. The zero-order valence-electron chi connectivity index (χ0n) is 14.0. The Labute approximate surface area is 137 Å². The molecule has 3 heteroatoms. The molecule has 3 nitrogen and oxygen atoms in total.